The lowest BCUT2D eigenvalue weighted by atomic mass is 9.77. The second kappa shape index (κ2) is 13.6. The van der Waals surface area contributed by atoms with Crippen molar-refractivity contribution in [3.63, 3.8) is 0 Å². The molecule has 0 radical (unpaired) electrons. The first-order chi connectivity index (χ1) is 20.5. The van der Waals surface area contributed by atoms with Gasteiger partial charge in [-0.25, -0.2) is 4.39 Å². The van der Waals surface area contributed by atoms with Gasteiger partial charge < -0.3 is 9.64 Å². The largest absolute Gasteiger partial charge is 0.488 e. The van der Waals surface area contributed by atoms with Crippen LogP contribution in [0.25, 0.3) is 0 Å². The van der Waals surface area contributed by atoms with Crippen molar-refractivity contribution in [1.82, 2.24) is 14.7 Å². The van der Waals surface area contributed by atoms with E-state index in [0.29, 0.717) is 19.7 Å². The molecule has 1 fully saturated rings. The number of unbranched alkanes of at least 4 members (excludes halogenated alkanes) is 1. The predicted molar refractivity (Wildman–Crippen MR) is 162 cm³/mol. The highest BCUT2D eigenvalue weighted by Crippen LogP contribution is 2.39. The summed E-state index contributed by atoms with van der Waals surface area (Å²) in [6.07, 6.45) is 4.93. The van der Waals surface area contributed by atoms with E-state index in [1.165, 1.54) is 6.07 Å². The van der Waals surface area contributed by atoms with Gasteiger partial charge in [0.05, 0.1) is 19.3 Å². The Morgan fingerprint density at radius 1 is 1.02 bits per heavy atom. The van der Waals surface area contributed by atoms with Crippen LogP contribution in [0.4, 0.5) is 4.39 Å². The molecular weight excluding hydrogens is 529 g/mol. The Labute approximate surface area is 246 Å². The standard InChI is InChI=1S/C35H38FN3O3/c1-3-4-21-42-31-24-38(23-26-13-7-5-8-14-26)37-33(34(31)40)35(41)39-20-12-19-30(39)25(2)32(27-15-9-6-10-16-27)28-17-11-18-29(36)22-28/h5-11,13-18,22,24-25,30,32H,3-4,12,19-21,23H2,1-2H3/t25-,30+,32+/m0/s1. The number of hydrogen-bond acceptors (Lipinski definition) is 4. The zero-order valence-electron chi connectivity index (χ0n) is 24.3. The fourth-order valence-electron chi connectivity index (χ4n) is 6.04. The molecule has 1 aromatic heterocycles. The summed E-state index contributed by atoms with van der Waals surface area (Å²) >= 11 is 0. The van der Waals surface area contributed by atoms with Crippen molar-refractivity contribution in [3.8, 4) is 5.75 Å². The second-order valence-electron chi connectivity index (χ2n) is 11.1. The van der Waals surface area contributed by atoms with E-state index in [1.54, 1.807) is 27.9 Å². The van der Waals surface area contributed by atoms with E-state index >= 15 is 0 Å². The zero-order chi connectivity index (χ0) is 29.5. The van der Waals surface area contributed by atoms with Crippen molar-refractivity contribution in [1.29, 1.82) is 0 Å². The summed E-state index contributed by atoms with van der Waals surface area (Å²) in [6, 6.07) is 26.4. The first kappa shape index (κ1) is 29.2. The molecule has 6 nitrogen and oxygen atoms in total. The van der Waals surface area contributed by atoms with E-state index in [9.17, 15) is 14.0 Å². The number of nitrogens with zero attached hydrogens (tertiary/aromatic N) is 3. The Morgan fingerprint density at radius 3 is 2.45 bits per heavy atom. The maximum atomic E-state index is 14.4. The normalized spacial score (nSPS) is 16.3. The highest BCUT2D eigenvalue weighted by molar-refractivity contribution is 5.92. The molecular formula is C35H38FN3O3. The van der Waals surface area contributed by atoms with Gasteiger partial charge in [0, 0.05) is 18.5 Å². The van der Waals surface area contributed by atoms with Crippen molar-refractivity contribution in [2.45, 2.75) is 58.0 Å². The second-order valence-corrected chi connectivity index (χ2v) is 11.1. The molecule has 1 saturated heterocycles. The molecule has 0 aliphatic carbocycles. The number of halogens is 1. The van der Waals surface area contributed by atoms with Crippen LogP contribution in [0.5, 0.6) is 5.75 Å². The van der Waals surface area contributed by atoms with E-state index in [1.807, 2.05) is 66.7 Å². The van der Waals surface area contributed by atoms with Gasteiger partial charge in [0.1, 0.15) is 5.82 Å². The number of likely N-dealkylation sites (tertiary alicyclic amines) is 1. The number of carbonyl (C=O) groups excluding carboxylic acids is 1. The Bertz CT molecular complexity index is 1540. The van der Waals surface area contributed by atoms with Crippen molar-refractivity contribution in [2.24, 2.45) is 5.92 Å². The monoisotopic (exact) mass is 567 g/mol. The first-order valence-corrected chi connectivity index (χ1v) is 14.9. The summed E-state index contributed by atoms with van der Waals surface area (Å²) in [4.78, 5) is 29.5. The van der Waals surface area contributed by atoms with Gasteiger partial charge in [0.2, 0.25) is 0 Å². The van der Waals surface area contributed by atoms with Gasteiger partial charge in [-0.3, -0.25) is 14.3 Å². The van der Waals surface area contributed by atoms with Gasteiger partial charge in [0.15, 0.2) is 11.4 Å². The number of carbonyl (C=O) groups is 1. The van der Waals surface area contributed by atoms with Crippen molar-refractivity contribution >= 4 is 5.91 Å². The number of aromatic nitrogens is 2. The summed E-state index contributed by atoms with van der Waals surface area (Å²) in [5.41, 5.74) is 2.32. The molecule has 0 N–H and O–H groups in total. The van der Waals surface area contributed by atoms with Crippen LogP contribution < -0.4 is 10.2 Å². The number of amides is 1. The van der Waals surface area contributed by atoms with E-state index in [2.05, 4.69) is 18.9 Å². The van der Waals surface area contributed by atoms with Crippen LogP contribution in [0, 0.1) is 11.7 Å². The van der Waals surface area contributed by atoms with Gasteiger partial charge in [-0.1, -0.05) is 93.1 Å². The number of rotatable bonds is 11. The summed E-state index contributed by atoms with van der Waals surface area (Å²) < 4.78 is 21.9. The maximum Gasteiger partial charge on any atom is 0.278 e. The molecule has 1 amide bonds. The van der Waals surface area contributed by atoms with Gasteiger partial charge >= 0.3 is 0 Å². The summed E-state index contributed by atoms with van der Waals surface area (Å²) in [7, 11) is 0. The summed E-state index contributed by atoms with van der Waals surface area (Å²) in [6.45, 7) is 5.49. The Hall–Kier alpha value is -4.26. The third kappa shape index (κ3) is 6.62. The molecule has 5 rings (SSSR count). The van der Waals surface area contributed by atoms with E-state index in [0.717, 1.165) is 42.4 Å². The average molecular weight is 568 g/mol. The van der Waals surface area contributed by atoms with Gasteiger partial charge in [-0.05, 0) is 54.0 Å². The lowest BCUT2D eigenvalue weighted by Crippen LogP contribution is -2.43. The van der Waals surface area contributed by atoms with Crippen LogP contribution in [-0.2, 0) is 6.54 Å². The molecule has 0 unspecified atom stereocenters. The minimum atomic E-state index is -0.483. The SMILES string of the molecule is CCCCOc1cn(Cc2ccccc2)nc(C(=O)N2CCC[C@@H]2[C@H](C)[C@H](c2ccccc2)c2cccc(F)c2)c1=O. The van der Waals surface area contributed by atoms with E-state index in [-0.39, 0.29) is 41.0 Å². The Balaban J connectivity index is 1.49. The maximum absolute atomic E-state index is 14.4. The number of ether oxygens (including phenoxy) is 1. The molecule has 3 aromatic carbocycles. The highest BCUT2D eigenvalue weighted by Gasteiger charge is 2.39. The molecule has 42 heavy (non-hydrogen) atoms. The number of benzene rings is 3. The minimum absolute atomic E-state index is 0.0452. The predicted octanol–water partition coefficient (Wildman–Crippen LogP) is 6.68. The van der Waals surface area contributed by atoms with Crippen LogP contribution in [-0.4, -0.2) is 39.8 Å². The van der Waals surface area contributed by atoms with Crippen LogP contribution in [0.2, 0.25) is 0 Å². The van der Waals surface area contributed by atoms with Crippen LogP contribution in [0.15, 0.2) is 95.9 Å². The lowest BCUT2D eigenvalue weighted by Gasteiger charge is -2.35. The van der Waals surface area contributed by atoms with Gasteiger partial charge in [-0.15, -0.1) is 0 Å². The molecule has 218 valence electrons. The van der Waals surface area contributed by atoms with Crippen molar-refractivity contribution < 1.29 is 13.9 Å². The van der Waals surface area contributed by atoms with Crippen LogP contribution in [0.3, 0.4) is 0 Å². The third-order valence-electron chi connectivity index (χ3n) is 8.14. The molecule has 7 heteroatoms. The van der Waals surface area contributed by atoms with E-state index in [4.69, 9.17) is 4.74 Å². The first-order valence-electron chi connectivity index (χ1n) is 14.9. The molecule has 2 heterocycles. The average Bonchev–Trinajstić information content (AvgIpc) is 3.50. The molecule has 0 saturated carbocycles. The fraction of sp³-hybridized carbons (Fsp3) is 0.343. The third-order valence-corrected chi connectivity index (χ3v) is 8.14. The molecule has 4 aromatic rings. The van der Waals surface area contributed by atoms with Gasteiger partial charge in [0.25, 0.3) is 11.3 Å². The molecule has 1 aliphatic rings. The summed E-state index contributed by atoms with van der Waals surface area (Å²) in [5, 5.41) is 4.55. The smallest absolute Gasteiger partial charge is 0.278 e. The fourth-order valence-corrected chi connectivity index (χ4v) is 6.04. The molecule has 3 atom stereocenters. The molecule has 0 bridgehead atoms. The Morgan fingerprint density at radius 2 is 1.74 bits per heavy atom. The van der Waals surface area contributed by atoms with Crippen LogP contribution in [0.1, 0.15) is 72.6 Å². The van der Waals surface area contributed by atoms with Crippen molar-refractivity contribution in [3.05, 3.63) is 130 Å². The quantitative estimate of drug-likeness (QED) is 0.190. The Kier molecular flexibility index (Phi) is 9.47. The highest BCUT2D eigenvalue weighted by atomic mass is 19.1. The lowest BCUT2D eigenvalue weighted by molar-refractivity contribution is 0.0675. The number of hydrogen-bond donors (Lipinski definition) is 0. The van der Waals surface area contributed by atoms with Crippen LogP contribution >= 0.6 is 0 Å². The van der Waals surface area contributed by atoms with Crippen molar-refractivity contribution in [2.75, 3.05) is 13.2 Å². The molecule has 0 spiro atoms. The van der Waals surface area contributed by atoms with Gasteiger partial charge in [-0.2, -0.15) is 5.10 Å². The molecule has 1 aliphatic heterocycles. The summed E-state index contributed by atoms with van der Waals surface area (Å²) in [5.74, 6) is -0.711. The van der Waals surface area contributed by atoms with E-state index < -0.39 is 5.43 Å². The minimum Gasteiger partial charge on any atom is -0.488 e. The zero-order valence-corrected chi connectivity index (χ0v) is 24.3. The topological polar surface area (TPSA) is 64.4 Å².